The topological polar surface area (TPSA) is 52.6 Å². The van der Waals surface area contributed by atoms with E-state index in [1.807, 2.05) is 72.8 Å². The molecule has 0 aliphatic heterocycles. The molecule has 0 aliphatic carbocycles. The van der Waals surface area contributed by atoms with E-state index in [9.17, 15) is 9.59 Å². The maximum atomic E-state index is 11.7. The fraction of sp³-hybridized carbons (Fsp3) is 0.0769. The predicted molar refractivity (Wildman–Crippen MR) is 144 cm³/mol. The van der Waals surface area contributed by atoms with Gasteiger partial charge >= 0.3 is 11.9 Å². The van der Waals surface area contributed by atoms with E-state index in [1.54, 1.807) is 0 Å². The second kappa shape index (κ2) is 10.7. The van der Waals surface area contributed by atoms with Crippen LogP contribution in [0.3, 0.4) is 0 Å². The van der Waals surface area contributed by atoms with Crippen LogP contribution in [0.15, 0.2) is 77.3 Å². The van der Waals surface area contributed by atoms with Gasteiger partial charge < -0.3 is 9.47 Å². The highest BCUT2D eigenvalue weighted by molar-refractivity contribution is 9.10. The molecule has 2 aromatic heterocycles. The van der Waals surface area contributed by atoms with Gasteiger partial charge in [-0.15, -0.1) is 22.7 Å². The Balaban J connectivity index is 0.000000172. The van der Waals surface area contributed by atoms with Gasteiger partial charge in [0.05, 0.1) is 14.2 Å². The van der Waals surface area contributed by atoms with Gasteiger partial charge in [0, 0.05) is 35.2 Å². The first-order valence-corrected chi connectivity index (χ1v) is 12.9. The van der Waals surface area contributed by atoms with Crippen LogP contribution in [0.4, 0.5) is 0 Å². The van der Waals surface area contributed by atoms with Gasteiger partial charge in [0.1, 0.15) is 9.75 Å². The van der Waals surface area contributed by atoms with Crippen LogP contribution < -0.4 is 0 Å². The van der Waals surface area contributed by atoms with Crippen molar-refractivity contribution in [3.05, 3.63) is 92.0 Å². The standard InChI is InChI=1S/C16H11ClO2S.C10H7BrO2S/c1-19-16(18)15-9-12-10(6-4-8-14(12)20-15)11-5-2-3-7-13(11)17;1-13-10(12)9-5-6-7(11)3-2-4-8(6)14-9/h2-9H,1H3;2-5H,1H3. The zero-order valence-electron chi connectivity index (χ0n) is 18.1. The summed E-state index contributed by atoms with van der Waals surface area (Å²) in [5.74, 6) is -0.589. The molecule has 0 N–H and O–H groups in total. The minimum atomic E-state index is -0.309. The number of hydrogen-bond donors (Lipinski definition) is 0. The molecule has 0 saturated carbocycles. The van der Waals surface area contributed by atoms with E-state index in [2.05, 4.69) is 20.7 Å². The summed E-state index contributed by atoms with van der Waals surface area (Å²) in [5, 5.41) is 2.77. The Labute approximate surface area is 217 Å². The minimum Gasteiger partial charge on any atom is -0.465 e. The number of ether oxygens (including phenoxy) is 2. The summed E-state index contributed by atoms with van der Waals surface area (Å²) < 4.78 is 12.6. The molecule has 3 aromatic carbocycles. The lowest BCUT2D eigenvalue weighted by Gasteiger charge is -2.05. The smallest absolute Gasteiger partial charge is 0.348 e. The molecule has 0 aliphatic rings. The molecule has 0 fully saturated rings. The Morgan fingerprint density at radius 2 is 1.26 bits per heavy atom. The van der Waals surface area contributed by atoms with Gasteiger partial charge in [-0.05, 0) is 42.0 Å². The normalized spacial score (nSPS) is 10.6. The van der Waals surface area contributed by atoms with Crippen molar-refractivity contribution in [2.75, 3.05) is 14.2 Å². The maximum Gasteiger partial charge on any atom is 0.348 e. The summed E-state index contributed by atoms with van der Waals surface area (Å²) in [5.41, 5.74) is 1.99. The molecular weight excluding hydrogens is 556 g/mol. The number of thiophene rings is 2. The van der Waals surface area contributed by atoms with Crippen LogP contribution in [0.5, 0.6) is 0 Å². The highest BCUT2D eigenvalue weighted by Gasteiger charge is 2.14. The first-order chi connectivity index (χ1) is 16.4. The maximum absolute atomic E-state index is 11.7. The largest absolute Gasteiger partial charge is 0.465 e. The number of esters is 2. The van der Waals surface area contributed by atoms with Crippen LogP contribution in [-0.2, 0) is 9.47 Å². The molecule has 0 saturated heterocycles. The molecule has 2 heterocycles. The van der Waals surface area contributed by atoms with E-state index in [0.717, 1.165) is 35.8 Å². The van der Waals surface area contributed by atoms with E-state index in [0.29, 0.717) is 14.8 Å². The summed E-state index contributed by atoms with van der Waals surface area (Å²) in [7, 11) is 2.78. The van der Waals surface area contributed by atoms with Crippen molar-refractivity contribution >= 4 is 82.3 Å². The van der Waals surface area contributed by atoms with E-state index < -0.39 is 0 Å². The molecule has 4 nitrogen and oxygen atoms in total. The van der Waals surface area contributed by atoms with Crippen molar-refractivity contribution in [3.63, 3.8) is 0 Å². The molecule has 0 atom stereocenters. The molecule has 34 heavy (non-hydrogen) atoms. The second-order valence-electron chi connectivity index (χ2n) is 7.05. The molecule has 5 rings (SSSR count). The number of fused-ring (bicyclic) bond motifs is 2. The molecule has 0 radical (unpaired) electrons. The van der Waals surface area contributed by atoms with Crippen LogP contribution >= 0.6 is 50.2 Å². The summed E-state index contributed by atoms with van der Waals surface area (Å²) in [6, 6.07) is 23.3. The third-order valence-corrected chi connectivity index (χ3v) is 8.19. The Morgan fingerprint density at radius 3 is 1.85 bits per heavy atom. The molecule has 5 aromatic rings. The lowest BCUT2D eigenvalue weighted by atomic mass is 10.0. The number of carbonyl (C=O) groups is 2. The first-order valence-electron chi connectivity index (χ1n) is 10.0. The SMILES string of the molecule is COC(=O)c1cc2c(-c3ccccc3Cl)cccc2s1.COC(=O)c1cc2c(Br)cccc2s1. The number of carbonyl (C=O) groups excluding carboxylic acids is 2. The van der Waals surface area contributed by atoms with Gasteiger partial charge in [0.2, 0.25) is 0 Å². The molecule has 8 heteroatoms. The van der Waals surface area contributed by atoms with E-state index in [1.165, 1.54) is 36.9 Å². The highest BCUT2D eigenvalue weighted by atomic mass is 79.9. The van der Waals surface area contributed by atoms with Crippen molar-refractivity contribution < 1.29 is 19.1 Å². The second-order valence-corrected chi connectivity index (χ2v) is 10.5. The van der Waals surface area contributed by atoms with Crippen LogP contribution in [0.1, 0.15) is 19.3 Å². The highest BCUT2D eigenvalue weighted by Crippen LogP contribution is 2.37. The number of rotatable bonds is 3. The summed E-state index contributed by atoms with van der Waals surface area (Å²) in [6.45, 7) is 0. The van der Waals surface area contributed by atoms with Crippen molar-refractivity contribution in [3.8, 4) is 11.1 Å². The molecule has 0 bridgehead atoms. The van der Waals surface area contributed by atoms with Crippen LogP contribution in [0.2, 0.25) is 5.02 Å². The van der Waals surface area contributed by atoms with E-state index >= 15 is 0 Å². The van der Waals surface area contributed by atoms with Crippen molar-refractivity contribution in [1.82, 2.24) is 0 Å². The van der Waals surface area contributed by atoms with Crippen LogP contribution in [0, 0.1) is 0 Å². The van der Waals surface area contributed by atoms with E-state index in [4.69, 9.17) is 16.3 Å². The van der Waals surface area contributed by atoms with Gasteiger partial charge in [0.15, 0.2) is 0 Å². The zero-order valence-corrected chi connectivity index (χ0v) is 22.1. The van der Waals surface area contributed by atoms with Gasteiger partial charge in [-0.1, -0.05) is 63.9 Å². The number of halogens is 2. The molecule has 0 unspecified atom stereocenters. The quantitative estimate of drug-likeness (QED) is 0.203. The van der Waals surface area contributed by atoms with Crippen molar-refractivity contribution in [2.45, 2.75) is 0 Å². The summed E-state index contributed by atoms with van der Waals surface area (Å²) in [6.07, 6.45) is 0. The predicted octanol–water partition coefficient (Wildman–Crippen LogP) is 8.46. The lowest BCUT2D eigenvalue weighted by Crippen LogP contribution is -1.96. The Morgan fingerprint density at radius 1 is 0.735 bits per heavy atom. The minimum absolute atomic E-state index is 0.280. The third kappa shape index (κ3) is 5.03. The van der Waals surface area contributed by atoms with Gasteiger partial charge in [-0.25, -0.2) is 9.59 Å². The average molecular weight is 574 g/mol. The molecule has 172 valence electrons. The Hall–Kier alpha value is -2.71. The number of benzene rings is 3. The molecule has 0 amide bonds. The van der Waals surface area contributed by atoms with Crippen LogP contribution in [-0.4, -0.2) is 26.2 Å². The average Bonchev–Trinajstić information content (AvgIpc) is 3.49. The lowest BCUT2D eigenvalue weighted by molar-refractivity contribution is 0.0597. The molecular formula is C26H18BrClO4S2. The fourth-order valence-electron chi connectivity index (χ4n) is 3.40. The number of hydrogen-bond acceptors (Lipinski definition) is 6. The van der Waals surface area contributed by atoms with Gasteiger partial charge in [-0.2, -0.15) is 0 Å². The molecule has 0 spiro atoms. The van der Waals surface area contributed by atoms with Crippen LogP contribution in [0.25, 0.3) is 31.3 Å². The van der Waals surface area contributed by atoms with Gasteiger partial charge in [0.25, 0.3) is 0 Å². The fourth-order valence-corrected chi connectivity index (χ4v) is 6.26. The Bertz CT molecular complexity index is 1510. The van der Waals surface area contributed by atoms with Crippen molar-refractivity contribution in [1.29, 1.82) is 0 Å². The monoisotopic (exact) mass is 572 g/mol. The van der Waals surface area contributed by atoms with Gasteiger partial charge in [-0.3, -0.25) is 0 Å². The zero-order chi connectivity index (χ0) is 24.2. The first kappa shape index (κ1) is 24.4. The Kier molecular flexibility index (Phi) is 7.68. The number of methoxy groups -OCH3 is 2. The summed E-state index contributed by atoms with van der Waals surface area (Å²) in [4.78, 5) is 24.2. The third-order valence-electron chi connectivity index (χ3n) is 5.01. The summed E-state index contributed by atoms with van der Waals surface area (Å²) >= 11 is 12.6. The van der Waals surface area contributed by atoms with E-state index in [-0.39, 0.29) is 11.9 Å². The van der Waals surface area contributed by atoms with Crippen molar-refractivity contribution in [2.24, 2.45) is 0 Å².